The number of carbonyl (C=O) groups is 1. The topological polar surface area (TPSA) is 62.3 Å². The molecule has 0 spiro atoms. The smallest absolute Gasteiger partial charge is 0.248 e. The van der Waals surface area contributed by atoms with Crippen molar-refractivity contribution in [3.05, 3.63) is 58.7 Å². The van der Waals surface area contributed by atoms with Gasteiger partial charge in [0.15, 0.2) is 0 Å². The highest BCUT2D eigenvalue weighted by molar-refractivity contribution is 7.82. The summed E-state index contributed by atoms with van der Waals surface area (Å²) in [5.41, 5.74) is 4.36. The summed E-state index contributed by atoms with van der Waals surface area (Å²) in [6, 6.07) is 12.5. The van der Waals surface area contributed by atoms with Gasteiger partial charge in [-0.15, -0.1) is 0 Å². The summed E-state index contributed by atoms with van der Waals surface area (Å²) in [4.78, 5) is 17.4. The Bertz CT molecular complexity index is 1010. The van der Waals surface area contributed by atoms with Crippen LogP contribution in [0.25, 0.3) is 0 Å². The second-order valence-electron chi connectivity index (χ2n) is 9.81. The van der Waals surface area contributed by atoms with Gasteiger partial charge in [-0.2, -0.15) is 0 Å². The number of benzene rings is 2. The van der Waals surface area contributed by atoms with Crippen LogP contribution in [0.2, 0.25) is 0 Å². The molecule has 1 amide bonds. The molecule has 1 fully saturated rings. The number of amides is 1. The highest BCUT2D eigenvalue weighted by Crippen LogP contribution is 2.28. The van der Waals surface area contributed by atoms with Gasteiger partial charge < -0.3 is 19.3 Å². The Balaban J connectivity index is 1.41. The minimum Gasteiger partial charge on any atom is -0.497 e. The second kappa shape index (κ2) is 13.3. The van der Waals surface area contributed by atoms with Crippen molar-refractivity contribution in [3.8, 4) is 5.75 Å². The normalized spacial score (nSPS) is 15.8. The molecule has 1 saturated heterocycles. The van der Waals surface area contributed by atoms with Gasteiger partial charge in [0.05, 0.1) is 18.6 Å². The fraction of sp³-hybridized carbons (Fsp3) is 0.536. The Kier molecular flexibility index (Phi) is 10.5. The molecule has 0 aromatic heterocycles. The van der Waals surface area contributed by atoms with E-state index in [2.05, 4.69) is 36.2 Å². The van der Waals surface area contributed by atoms with Crippen molar-refractivity contribution < 1.29 is 18.5 Å². The number of likely N-dealkylation sites (tertiary alicyclic amines) is 1. The van der Waals surface area contributed by atoms with E-state index in [1.165, 1.54) is 18.4 Å². The number of hydrogen-bond donors (Lipinski definition) is 0. The Morgan fingerprint density at radius 1 is 1.08 bits per heavy atom. The van der Waals surface area contributed by atoms with Crippen LogP contribution in [0.3, 0.4) is 0 Å². The maximum absolute atomic E-state index is 13.0. The van der Waals surface area contributed by atoms with Crippen molar-refractivity contribution in [2.24, 2.45) is 0 Å². The first-order chi connectivity index (χ1) is 17.2. The third-order valence-electron chi connectivity index (χ3n) is 6.92. The molecule has 0 bridgehead atoms. The monoisotopic (exact) mass is 515 g/mol. The molecule has 1 atom stereocenters. The summed E-state index contributed by atoms with van der Waals surface area (Å²) in [6.07, 6.45) is 2.40. The number of ether oxygens (including phenoxy) is 2. The molecule has 0 aliphatic carbocycles. The average molecular weight is 516 g/mol. The molecule has 0 saturated carbocycles. The van der Waals surface area contributed by atoms with Gasteiger partial charge in [0, 0.05) is 27.2 Å². The van der Waals surface area contributed by atoms with Crippen molar-refractivity contribution in [3.63, 3.8) is 0 Å². The maximum Gasteiger partial charge on any atom is 0.248 e. The zero-order chi connectivity index (χ0) is 26.2. The Morgan fingerprint density at radius 3 is 2.28 bits per heavy atom. The molecule has 1 heterocycles. The molecule has 2 aromatic rings. The molecule has 2 aromatic carbocycles. The molecule has 198 valence electrons. The number of methoxy groups -OCH3 is 1. The van der Waals surface area contributed by atoms with Gasteiger partial charge in [-0.05, 0) is 87.1 Å². The van der Waals surface area contributed by atoms with E-state index in [1.54, 1.807) is 30.4 Å². The summed E-state index contributed by atoms with van der Waals surface area (Å²) in [5.74, 6) is 1.32. The molecule has 8 heteroatoms. The highest BCUT2D eigenvalue weighted by atomic mass is 32.2. The first-order valence-electron chi connectivity index (χ1n) is 12.6. The maximum atomic E-state index is 13.0. The van der Waals surface area contributed by atoms with Crippen LogP contribution >= 0.6 is 0 Å². The number of piperidine rings is 1. The molecule has 1 unspecified atom stereocenters. The van der Waals surface area contributed by atoms with E-state index in [4.69, 9.17) is 9.47 Å². The van der Waals surface area contributed by atoms with Gasteiger partial charge in [-0.3, -0.25) is 4.79 Å². The lowest BCUT2D eigenvalue weighted by Gasteiger charge is -2.29. The Morgan fingerprint density at radius 2 is 1.69 bits per heavy atom. The number of aryl methyl sites for hydroxylation is 2. The number of rotatable bonds is 11. The van der Waals surface area contributed by atoms with Crippen molar-refractivity contribution >= 4 is 16.9 Å². The number of likely N-dealkylation sites (N-methyl/N-ethyl adjacent to an activating group) is 2. The van der Waals surface area contributed by atoms with Gasteiger partial charge in [-0.25, -0.2) is 8.51 Å². The van der Waals surface area contributed by atoms with Crippen LogP contribution in [0.15, 0.2) is 41.3 Å². The fourth-order valence-electron chi connectivity index (χ4n) is 4.60. The van der Waals surface area contributed by atoms with E-state index in [0.29, 0.717) is 25.6 Å². The first kappa shape index (κ1) is 28.3. The lowest BCUT2D eigenvalue weighted by atomic mass is 9.89. The van der Waals surface area contributed by atoms with Gasteiger partial charge in [0.25, 0.3) is 0 Å². The number of nitrogens with zero attached hydrogens (tertiary/aromatic N) is 3. The predicted octanol–water partition coefficient (Wildman–Crippen LogP) is 3.75. The van der Waals surface area contributed by atoms with Gasteiger partial charge >= 0.3 is 0 Å². The van der Waals surface area contributed by atoms with E-state index in [0.717, 1.165) is 40.4 Å². The molecule has 3 rings (SSSR count). The van der Waals surface area contributed by atoms with Crippen molar-refractivity contribution in [1.82, 2.24) is 14.1 Å². The zero-order valence-electron chi connectivity index (χ0n) is 22.6. The second-order valence-corrected chi connectivity index (χ2v) is 11.3. The van der Waals surface area contributed by atoms with E-state index in [1.807, 2.05) is 26.0 Å². The first-order valence-corrected chi connectivity index (χ1v) is 13.7. The van der Waals surface area contributed by atoms with E-state index in [-0.39, 0.29) is 12.5 Å². The summed E-state index contributed by atoms with van der Waals surface area (Å²) in [7, 11) is 6.08. The van der Waals surface area contributed by atoms with Gasteiger partial charge in [-0.1, -0.05) is 24.3 Å². The lowest BCUT2D eigenvalue weighted by molar-refractivity contribution is -0.135. The SMILES string of the molecule is COc1cc(C)c(S(=O)N(C)CCOCC(=O)N(C)Cc2ccc(C3CCN(C)CC3)cc2)c(C)c1. The Hall–Kier alpha value is -2.26. The number of carbonyl (C=O) groups excluding carboxylic acids is 1. The lowest BCUT2D eigenvalue weighted by Crippen LogP contribution is -2.32. The zero-order valence-corrected chi connectivity index (χ0v) is 23.4. The minimum absolute atomic E-state index is 0.00520. The summed E-state index contributed by atoms with van der Waals surface area (Å²) in [6.45, 7) is 7.50. The molecule has 7 nitrogen and oxygen atoms in total. The van der Waals surface area contributed by atoms with E-state index < -0.39 is 11.0 Å². The summed E-state index contributed by atoms with van der Waals surface area (Å²) < 4.78 is 25.7. The summed E-state index contributed by atoms with van der Waals surface area (Å²) >= 11 is 0. The van der Waals surface area contributed by atoms with Crippen molar-refractivity contribution in [2.75, 3.05) is 61.1 Å². The average Bonchev–Trinajstić information content (AvgIpc) is 2.86. The molecule has 0 N–H and O–H groups in total. The van der Waals surface area contributed by atoms with Crippen LogP contribution in [0, 0.1) is 13.8 Å². The van der Waals surface area contributed by atoms with E-state index >= 15 is 0 Å². The third-order valence-corrected chi connectivity index (χ3v) is 8.66. The van der Waals surface area contributed by atoms with Crippen LogP contribution in [0.4, 0.5) is 0 Å². The number of hydrogen-bond acceptors (Lipinski definition) is 5. The summed E-state index contributed by atoms with van der Waals surface area (Å²) in [5, 5.41) is 0. The van der Waals surface area contributed by atoms with Crippen LogP contribution < -0.4 is 4.74 Å². The van der Waals surface area contributed by atoms with Crippen molar-refractivity contribution in [2.45, 2.75) is 44.0 Å². The molecule has 1 aliphatic rings. The van der Waals surface area contributed by atoms with Crippen LogP contribution in [-0.2, 0) is 27.1 Å². The molecule has 1 aliphatic heterocycles. The molecular formula is C28H41N3O4S. The molecule has 0 radical (unpaired) electrons. The fourth-order valence-corrected chi connectivity index (χ4v) is 5.83. The third kappa shape index (κ3) is 7.62. The van der Waals surface area contributed by atoms with Crippen LogP contribution in [0.1, 0.15) is 41.0 Å². The van der Waals surface area contributed by atoms with Gasteiger partial charge in [0.1, 0.15) is 23.3 Å². The molecular weight excluding hydrogens is 474 g/mol. The predicted molar refractivity (Wildman–Crippen MR) is 145 cm³/mol. The largest absolute Gasteiger partial charge is 0.497 e. The molecule has 36 heavy (non-hydrogen) atoms. The van der Waals surface area contributed by atoms with Crippen LogP contribution in [-0.4, -0.2) is 85.3 Å². The highest BCUT2D eigenvalue weighted by Gasteiger charge is 2.19. The van der Waals surface area contributed by atoms with Crippen molar-refractivity contribution in [1.29, 1.82) is 0 Å². The Labute approximate surface area is 218 Å². The van der Waals surface area contributed by atoms with Gasteiger partial charge in [0.2, 0.25) is 5.91 Å². The van der Waals surface area contributed by atoms with Crippen LogP contribution in [0.5, 0.6) is 5.75 Å². The van der Waals surface area contributed by atoms with E-state index in [9.17, 15) is 9.00 Å². The quantitative estimate of drug-likeness (QED) is 0.427. The standard InChI is InChI=1S/C28H41N3O4S/c1-21-17-26(34-6)18-22(2)28(21)36(33)31(5)15-16-35-20-27(32)30(4)19-23-7-9-24(10-8-23)25-11-13-29(3)14-12-25/h7-10,17-18,25H,11-16,19-20H2,1-6H3. The minimum atomic E-state index is -1.32.